The molecule has 0 spiro atoms. The first-order valence-corrected chi connectivity index (χ1v) is 10.9. The van der Waals surface area contributed by atoms with E-state index in [1.807, 2.05) is 13.0 Å². The van der Waals surface area contributed by atoms with Crippen molar-refractivity contribution in [1.29, 1.82) is 0 Å². The fraction of sp³-hybridized carbons (Fsp3) is 0.708. The molecule has 0 saturated heterocycles. The Morgan fingerprint density at radius 2 is 2.21 bits per heavy atom. The normalized spacial score (nSPS) is 27.6. The summed E-state index contributed by atoms with van der Waals surface area (Å²) in [4.78, 5) is 11.4. The highest BCUT2D eigenvalue weighted by Crippen LogP contribution is 2.44. The Bertz CT molecular complexity index is 610. The first kappa shape index (κ1) is 22.7. The fourth-order valence-electron chi connectivity index (χ4n) is 4.29. The van der Waals surface area contributed by atoms with Crippen LogP contribution >= 0.6 is 0 Å². The topological polar surface area (TPSA) is 66.8 Å². The Morgan fingerprint density at radius 1 is 1.39 bits per heavy atom. The summed E-state index contributed by atoms with van der Waals surface area (Å²) in [5, 5.41) is 20.5. The van der Waals surface area contributed by atoms with E-state index in [1.165, 1.54) is 5.57 Å². The molecule has 156 valence electrons. The summed E-state index contributed by atoms with van der Waals surface area (Å²) in [5.41, 5.74) is 1.28. The average molecular weight is 389 g/mol. The van der Waals surface area contributed by atoms with Gasteiger partial charge < -0.3 is 14.9 Å². The maximum Gasteiger partial charge on any atom is 0.306 e. The van der Waals surface area contributed by atoms with Crippen LogP contribution in [0.25, 0.3) is 0 Å². The fourth-order valence-corrected chi connectivity index (χ4v) is 4.29. The van der Waals surface area contributed by atoms with Crippen LogP contribution in [0.2, 0.25) is 0 Å². The lowest BCUT2D eigenvalue weighted by Gasteiger charge is -2.25. The maximum absolute atomic E-state index is 11.4. The molecule has 0 aromatic heterocycles. The van der Waals surface area contributed by atoms with Crippen molar-refractivity contribution in [2.75, 3.05) is 6.61 Å². The Morgan fingerprint density at radius 3 is 2.96 bits per heavy atom. The van der Waals surface area contributed by atoms with Crippen molar-refractivity contribution in [3.8, 4) is 11.8 Å². The molecule has 0 unspecified atom stereocenters. The number of esters is 1. The van der Waals surface area contributed by atoms with Gasteiger partial charge in [0.15, 0.2) is 0 Å². The predicted octanol–water partition coefficient (Wildman–Crippen LogP) is 4.16. The molecular weight excluding hydrogens is 352 g/mol. The summed E-state index contributed by atoms with van der Waals surface area (Å²) < 4.78 is 4.94. The van der Waals surface area contributed by atoms with E-state index in [1.54, 1.807) is 0 Å². The SMILES string of the molecule is CCCCC[C@H](O)C#C[C@@H]1[C@H]2CCC(/C=C\CCC(=O)OCC)=C[C@H]2C[C@H]1O. The van der Waals surface area contributed by atoms with E-state index in [2.05, 4.69) is 30.9 Å². The molecule has 0 bridgehead atoms. The van der Waals surface area contributed by atoms with E-state index in [0.717, 1.165) is 44.9 Å². The summed E-state index contributed by atoms with van der Waals surface area (Å²) >= 11 is 0. The Kier molecular flexibility index (Phi) is 9.81. The zero-order valence-corrected chi connectivity index (χ0v) is 17.4. The summed E-state index contributed by atoms with van der Waals surface area (Å²) in [6, 6.07) is 0. The lowest BCUT2D eigenvalue weighted by molar-refractivity contribution is -0.143. The molecule has 4 nitrogen and oxygen atoms in total. The van der Waals surface area contributed by atoms with Crippen molar-refractivity contribution in [3.05, 3.63) is 23.8 Å². The van der Waals surface area contributed by atoms with Gasteiger partial charge in [-0.05, 0) is 57.3 Å². The Hall–Kier alpha value is -1.57. The minimum atomic E-state index is -0.574. The Balaban J connectivity index is 1.86. The second-order valence-electron chi connectivity index (χ2n) is 7.98. The molecular formula is C24H36O4. The maximum atomic E-state index is 11.4. The molecule has 0 heterocycles. The lowest BCUT2D eigenvalue weighted by atomic mass is 9.79. The highest BCUT2D eigenvalue weighted by atomic mass is 16.5. The summed E-state index contributed by atoms with van der Waals surface area (Å²) in [7, 11) is 0. The number of hydrogen-bond acceptors (Lipinski definition) is 4. The highest BCUT2D eigenvalue weighted by Gasteiger charge is 2.41. The molecule has 0 radical (unpaired) electrons. The average Bonchev–Trinajstić information content (AvgIpc) is 2.98. The second-order valence-corrected chi connectivity index (χ2v) is 7.98. The van der Waals surface area contributed by atoms with Gasteiger partial charge in [-0.2, -0.15) is 0 Å². The third-order valence-electron chi connectivity index (χ3n) is 5.78. The van der Waals surface area contributed by atoms with Gasteiger partial charge in [-0.15, -0.1) is 0 Å². The molecule has 0 aliphatic heterocycles. The van der Waals surface area contributed by atoms with Gasteiger partial charge in [-0.3, -0.25) is 4.79 Å². The van der Waals surface area contributed by atoms with Crippen LogP contribution in [0.4, 0.5) is 0 Å². The van der Waals surface area contributed by atoms with Crippen LogP contribution in [0.15, 0.2) is 23.8 Å². The van der Waals surface area contributed by atoms with Crippen molar-refractivity contribution < 1.29 is 19.7 Å². The highest BCUT2D eigenvalue weighted by molar-refractivity contribution is 5.69. The van der Waals surface area contributed by atoms with E-state index in [9.17, 15) is 15.0 Å². The third kappa shape index (κ3) is 7.11. The van der Waals surface area contributed by atoms with Crippen LogP contribution in [0.1, 0.15) is 71.6 Å². The summed E-state index contributed by atoms with van der Waals surface area (Å²) in [5.74, 6) is 6.73. The number of unbranched alkanes of at least 4 members (excludes halogenated alkanes) is 2. The van der Waals surface area contributed by atoms with Gasteiger partial charge in [0, 0.05) is 12.3 Å². The molecule has 2 rings (SSSR count). The van der Waals surface area contributed by atoms with Crippen LogP contribution in [0.5, 0.6) is 0 Å². The number of aliphatic hydroxyl groups is 2. The molecule has 0 aromatic carbocycles. The van der Waals surface area contributed by atoms with Gasteiger partial charge in [-0.25, -0.2) is 0 Å². The molecule has 28 heavy (non-hydrogen) atoms. The number of carbonyl (C=O) groups is 1. The van der Waals surface area contributed by atoms with E-state index in [0.29, 0.717) is 31.3 Å². The third-order valence-corrected chi connectivity index (χ3v) is 5.78. The van der Waals surface area contributed by atoms with E-state index in [4.69, 9.17) is 4.74 Å². The van der Waals surface area contributed by atoms with Gasteiger partial charge in [0.1, 0.15) is 6.10 Å². The van der Waals surface area contributed by atoms with Gasteiger partial charge in [-0.1, -0.05) is 55.4 Å². The first-order valence-electron chi connectivity index (χ1n) is 10.9. The molecule has 5 atom stereocenters. The lowest BCUT2D eigenvalue weighted by Crippen LogP contribution is -2.21. The number of rotatable bonds is 9. The smallest absolute Gasteiger partial charge is 0.306 e. The van der Waals surface area contributed by atoms with Crippen molar-refractivity contribution >= 4 is 5.97 Å². The van der Waals surface area contributed by atoms with Crippen LogP contribution < -0.4 is 0 Å². The van der Waals surface area contributed by atoms with Crippen molar-refractivity contribution in [3.63, 3.8) is 0 Å². The van der Waals surface area contributed by atoms with Crippen LogP contribution in [0, 0.1) is 29.6 Å². The molecule has 0 amide bonds. The molecule has 2 N–H and O–H groups in total. The zero-order chi connectivity index (χ0) is 20.4. The second kappa shape index (κ2) is 12.1. The van der Waals surface area contributed by atoms with E-state index < -0.39 is 12.2 Å². The van der Waals surface area contributed by atoms with Crippen LogP contribution in [-0.2, 0) is 9.53 Å². The molecule has 4 heteroatoms. The van der Waals surface area contributed by atoms with E-state index in [-0.39, 0.29) is 11.9 Å². The Labute approximate surface area is 170 Å². The van der Waals surface area contributed by atoms with Crippen molar-refractivity contribution in [2.45, 2.75) is 83.8 Å². The van der Waals surface area contributed by atoms with Crippen LogP contribution in [-0.4, -0.2) is 35.0 Å². The number of hydrogen-bond donors (Lipinski definition) is 2. The molecule has 0 aromatic rings. The summed E-state index contributed by atoms with van der Waals surface area (Å²) in [6.07, 6.45) is 13.3. The van der Waals surface area contributed by atoms with Crippen molar-refractivity contribution in [1.82, 2.24) is 0 Å². The standard InChI is InChI=1S/C24H36O4/c1-3-5-6-10-20(25)13-15-22-21-14-12-18(16-19(21)17-23(22)26)9-7-8-11-24(27)28-4-2/h7,9,16,19-23,25-26H,3-6,8,10-12,14,17H2,1-2H3/b9-7-/t19-,20-,21-,22+,23+/m0/s1. The predicted molar refractivity (Wildman–Crippen MR) is 111 cm³/mol. The van der Waals surface area contributed by atoms with Crippen molar-refractivity contribution in [2.24, 2.45) is 17.8 Å². The number of aliphatic hydroxyl groups excluding tert-OH is 2. The monoisotopic (exact) mass is 388 g/mol. The number of ether oxygens (including phenoxy) is 1. The number of carbonyl (C=O) groups excluding carboxylic acids is 1. The largest absolute Gasteiger partial charge is 0.466 e. The molecule has 2 aliphatic carbocycles. The van der Waals surface area contributed by atoms with Gasteiger partial charge in [0.25, 0.3) is 0 Å². The molecule has 1 fully saturated rings. The zero-order valence-electron chi connectivity index (χ0n) is 17.4. The minimum Gasteiger partial charge on any atom is -0.466 e. The van der Waals surface area contributed by atoms with Crippen LogP contribution in [0.3, 0.4) is 0 Å². The number of fused-ring (bicyclic) bond motifs is 1. The van der Waals surface area contributed by atoms with E-state index >= 15 is 0 Å². The summed E-state index contributed by atoms with van der Waals surface area (Å²) in [6.45, 7) is 4.39. The number of allylic oxidation sites excluding steroid dienone is 4. The van der Waals surface area contributed by atoms with Gasteiger partial charge in [0.05, 0.1) is 12.7 Å². The minimum absolute atomic E-state index is 0.0311. The quantitative estimate of drug-likeness (QED) is 0.353. The van der Waals surface area contributed by atoms with Gasteiger partial charge in [0.2, 0.25) is 0 Å². The first-order chi connectivity index (χ1) is 13.5. The molecule has 1 saturated carbocycles. The van der Waals surface area contributed by atoms with Gasteiger partial charge >= 0.3 is 5.97 Å². The molecule has 2 aliphatic rings.